The highest BCUT2D eigenvalue weighted by molar-refractivity contribution is 7.89. The maximum absolute atomic E-state index is 13.0. The lowest BCUT2D eigenvalue weighted by molar-refractivity contribution is -0.118. The van der Waals surface area contributed by atoms with Crippen molar-refractivity contribution in [2.45, 2.75) is 53.9 Å². The van der Waals surface area contributed by atoms with E-state index < -0.39 is 10.0 Å². The average molecular weight is 450 g/mol. The van der Waals surface area contributed by atoms with E-state index in [1.165, 1.54) is 5.56 Å². The molecule has 2 aliphatic rings. The van der Waals surface area contributed by atoms with Gasteiger partial charge in [-0.3, -0.25) is 9.69 Å². The molecule has 0 aromatic heterocycles. The van der Waals surface area contributed by atoms with Crippen LogP contribution in [-0.2, 0) is 14.8 Å². The van der Waals surface area contributed by atoms with E-state index in [0.717, 1.165) is 38.0 Å². The fourth-order valence-electron chi connectivity index (χ4n) is 5.32. The fraction of sp³-hybridized carbons (Fsp3) is 0.708. The molecule has 1 N–H and O–H groups in total. The van der Waals surface area contributed by atoms with Crippen molar-refractivity contribution in [1.82, 2.24) is 9.21 Å². The number of nitrogens with zero attached hydrogens (tertiary/aromatic N) is 2. The highest BCUT2D eigenvalue weighted by Crippen LogP contribution is 2.47. The number of anilines is 1. The largest absolute Gasteiger partial charge is 0.325 e. The number of hydrogen-bond acceptors (Lipinski definition) is 4. The van der Waals surface area contributed by atoms with Gasteiger partial charge in [-0.1, -0.05) is 45.4 Å². The number of amides is 1. The molecule has 6 nitrogen and oxygen atoms in total. The van der Waals surface area contributed by atoms with Crippen LogP contribution in [0, 0.1) is 23.7 Å². The first kappa shape index (κ1) is 24.2. The summed E-state index contributed by atoms with van der Waals surface area (Å²) in [5.41, 5.74) is 1.96. The van der Waals surface area contributed by atoms with Gasteiger partial charge in [0.25, 0.3) is 0 Å². The molecule has 0 radical (unpaired) electrons. The summed E-state index contributed by atoms with van der Waals surface area (Å²) in [6.07, 6.45) is 2.90. The third-order valence-corrected chi connectivity index (χ3v) is 8.66. The molecule has 2 fully saturated rings. The Morgan fingerprint density at radius 3 is 2.29 bits per heavy atom. The van der Waals surface area contributed by atoms with Gasteiger partial charge >= 0.3 is 0 Å². The number of carbonyl (C=O) groups excluding carboxylic acids is 1. The van der Waals surface area contributed by atoms with Gasteiger partial charge in [0.15, 0.2) is 0 Å². The zero-order valence-corrected chi connectivity index (χ0v) is 20.6. The molecule has 2 saturated heterocycles. The first-order valence-corrected chi connectivity index (χ1v) is 13.1. The molecule has 2 heterocycles. The maximum Gasteiger partial charge on any atom is 0.238 e. The van der Waals surface area contributed by atoms with Crippen LogP contribution in [0.4, 0.5) is 5.69 Å². The van der Waals surface area contributed by atoms with Crippen LogP contribution >= 0.6 is 0 Å². The molecule has 0 atom stereocenters. The van der Waals surface area contributed by atoms with Crippen molar-refractivity contribution in [3.05, 3.63) is 29.8 Å². The number of rotatable bonds is 6. The average Bonchev–Trinajstić information content (AvgIpc) is 2.63. The molecule has 7 heteroatoms. The van der Waals surface area contributed by atoms with E-state index in [9.17, 15) is 13.2 Å². The van der Waals surface area contributed by atoms with Crippen LogP contribution < -0.4 is 5.32 Å². The number of likely N-dealkylation sites (tertiary alicyclic amines) is 1. The molecule has 174 valence electrons. The van der Waals surface area contributed by atoms with E-state index in [2.05, 4.69) is 24.1 Å². The zero-order chi connectivity index (χ0) is 22.9. The number of sulfonamides is 1. The third-order valence-electron chi connectivity index (χ3n) is 6.53. The molecule has 0 bridgehead atoms. The molecule has 0 aliphatic carbocycles. The van der Waals surface area contributed by atoms with Gasteiger partial charge in [-0.05, 0) is 68.2 Å². The lowest BCUT2D eigenvalue weighted by Gasteiger charge is -2.52. The van der Waals surface area contributed by atoms with Crippen LogP contribution in [0.5, 0.6) is 0 Å². The molecule has 2 aliphatic heterocycles. The SMILES string of the molecule is Cc1ccc(NC(=O)CN2CCC3(CC2)CN(S(=O)(=O)CC(C)C)CC(C)(C)C3)cc1. The van der Waals surface area contributed by atoms with Gasteiger partial charge in [-0.2, -0.15) is 0 Å². The number of nitrogens with one attached hydrogen (secondary N) is 1. The van der Waals surface area contributed by atoms with E-state index >= 15 is 0 Å². The second-order valence-electron chi connectivity index (χ2n) is 11.0. The monoisotopic (exact) mass is 449 g/mol. The molecule has 0 unspecified atom stereocenters. The molecule has 1 aromatic rings. The van der Waals surface area contributed by atoms with Crippen LogP contribution in [0.2, 0.25) is 0 Å². The minimum Gasteiger partial charge on any atom is -0.325 e. The van der Waals surface area contributed by atoms with Gasteiger partial charge in [0, 0.05) is 18.8 Å². The molecular formula is C24H39N3O3S. The van der Waals surface area contributed by atoms with Gasteiger partial charge < -0.3 is 5.32 Å². The predicted octanol–water partition coefficient (Wildman–Crippen LogP) is 3.73. The number of aryl methyl sites for hydroxylation is 1. The minimum absolute atomic E-state index is 0.00455. The lowest BCUT2D eigenvalue weighted by Crippen LogP contribution is -2.56. The van der Waals surface area contributed by atoms with Crippen LogP contribution in [-0.4, -0.2) is 62.0 Å². The van der Waals surface area contributed by atoms with Gasteiger partial charge in [0.1, 0.15) is 0 Å². The van der Waals surface area contributed by atoms with Crippen molar-refractivity contribution < 1.29 is 13.2 Å². The Kier molecular flexibility index (Phi) is 7.18. The summed E-state index contributed by atoms with van der Waals surface area (Å²) < 4.78 is 27.7. The third kappa shape index (κ3) is 6.53. The first-order valence-electron chi connectivity index (χ1n) is 11.4. The Bertz CT molecular complexity index is 870. The summed E-state index contributed by atoms with van der Waals surface area (Å²) in [4.78, 5) is 14.7. The van der Waals surface area contributed by atoms with Crippen molar-refractivity contribution in [3.63, 3.8) is 0 Å². The number of piperidine rings is 2. The Balaban J connectivity index is 1.59. The second-order valence-corrected chi connectivity index (χ2v) is 13.0. The molecule has 1 spiro atoms. The van der Waals surface area contributed by atoms with Gasteiger partial charge in [0.05, 0.1) is 12.3 Å². The smallest absolute Gasteiger partial charge is 0.238 e. The van der Waals surface area contributed by atoms with Crippen LogP contribution in [0.25, 0.3) is 0 Å². The number of hydrogen-bond donors (Lipinski definition) is 1. The molecule has 1 amide bonds. The molecule has 1 aromatic carbocycles. The highest BCUT2D eigenvalue weighted by Gasteiger charge is 2.47. The van der Waals surface area contributed by atoms with Crippen molar-refractivity contribution in [1.29, 1.82) is 0 Å². The van der Waals surface area contributed by atoms with E-state index in [1.807, 2.05) is 45.0 Å². The summed E-state index contributed by atoms with van der Waals surface area (Å²) in [5, 5.41) is 2.98. The summed E-state index contributed by atoms with van der Waals surface area (Å²) in [6, 6.07) is 7.83. The Labute approximate surface area is 188 Å². The zero-order valence-electron chi connectivity index (χ0n) is 19.8. The maximum atomic E-state index is 13.0. The molecular weight excluding hydrogens is 410 g/mol. The quantitative estimate of drug-likeness (QED) is 0.718. The van der Waals surface area contributed by atoms with Gasteiger partial charge in [0.2, 0.25) is 15.9 Å². The van der Waals surface area contributed by atoms with Crippen molar-refractivity contribution in [2.75, 3.05) is 43.8 Å². The Hall–Kier alpha value is -1.44. The summed E-state index contributed by atoms with van der Waals surface area (Å²) in [7, 11) is -3.24. The van der Waals surface area contributed by atoms with Crippen molar-refractivity contribution in [2.24, 2.45) is 16.7 Å². The first-order chi connectivity index (χ1) is 14.4. The van der Waals surface area contributed by atoms with E-state index in [-0.39, 0.29) is 28.4 Å². The fourth-order valence-corrected chi connectivity index (χ4v) is 7.39. The summed E-state index contributed by atoms with van der Waals surface area (Å²) in [6.45, 7) is 13.6. The Morgan fingerprint density at radius 2 is 1.71 bits per heavy atom. The van der Waals surface area contributed by atoms with Crippen LogP contribution in [0.1, 0.15) is 52.5 Å². The lowest BCUT2D eigenvalue weighted by atomic mass is 9.65. The minimum atomic E-state index is -3.24. The van der Waals surface area contributed by atoms with Crippen LogP contribution in [0.3, 0.4) is 0 Å². The number of carbonyl (C=O) groups is 1. The van der Waals surface area contributed by atoms with Crippen molar-refractivity contribution in [3.8, 4) is 0 Å². The number of benzene rings is 1. The predicted molar refractivity (Wildman–Crippen MR) is 127 cm³/mol. The standard InChI is InChI=1S/C24H39N3O3S/c1-19(2)15-31(29,30)27-17-23(4,5)16-24(18-27)10-12-26(13-11-24)14-22(28)25-21-8-6-20(3)7-9-21/h6-9,19H,10-18H2,1-5H3,(H,25,28). The summed E-state index contributed by atoms with van der Waals surface area (Å²) >= 11 is 0. The summed E-state index contributed by atoms with van der Waals surface area (Å²) in [5.74, 6) is 0.342. The van der Waals surface area contributed by atoms with E-state index in [1.54, 1.807) is 4.31 Å². The van der Waals surface area contributed by atoms with Crippen molar-refractivity contribution >= 4 is 21.6 Å². The normalized spacial score (nSPS) is 22.0. The second kappa shape index (κ2) is 9.20. The molecule has 0 saturated carbocycles. The molecule has 31 heavy (non-hydrogen) atoms. The van der Waals surface area contributed by atoms with Gasteiger partial charge in [-0.15, -0.1) is 0 Å². The van der Waals surface area contributed by atoms with Gasteiger partial charge in [-0.25, -0.2) is 12.7 Å². The van der Waals surface area contributed by atoms with Crippen LogP contribution in [0.15, 0.2) is 24.3 Å². The Morgan fingerprint density at radius 1 is 1.10 bits per heavy atom. The van der Waals surface area contributed by atoms with E-state index in [4.69, 9.17) is 0 Å². The topological polar surface area (TPSA) is 69.7 Å². The molecule has 3 rings (SSSR count). The van der Waals surface area contributed by atoms with E-state index in [0.29, 0.717) is 19.6 Å². The highest BCUT2D eigenvalue weighted by atomic mass is 32.2.